The van der Waals surface area contributed by atoms with Crippen molar-refractivity contribution in [2.45, 2.75) is 13.8 Å². The Morgan fingerprint density at radius 2 is 1.60 bits per heavy atom. The fraction of sp³-hybridized carbons (Fsp3) is 0.300. The Kier molecular flexibility index (Phi) is 2.72. The summed E-state index contributed by atoms with van der Waals surface area (Å²) < 4.78 is 0. The highest BCUT2D eigenvalue weighted by atomic mass is 32.2. The zero-order chi connectivity index (χ0) is 11.0. The topological polar surface area (TPSA) is 29.1 Å². The fourth-order valence-corrected chi connectivity index (χ4v) is 3.92. The molecule has 5 heteroatoms. The smallest absolute Gasteiger partial charge is 0.188 e. The van der Waals surface area contributed by atoms with Gasteiger partial charge in [0.1, 0.15) is 0 Å². The number of nitrogens with zero attached hydrogens (tertiary/aromatic N) is 3. The minimum Gasteiger partial charge on any atom is -0.281 e. The van der Waals surface area contributed by atoms with Crippen LogP contribution in [-0.2, 0) is 0 Å². The average molecular weight is 235 g/mol. The molecule has 0 unspecified atom stereocenters. The second kappa shape index (κ2) is 3.87. The summed E-state index contributed by atoms with van der Waals surface area (Å²) in [4.78, 5) is 9.76. The van der Waals surface area contributed by atoms with Crippen LogP contribution in [0.5, 0.6) is 0 Å². The van der Waals surface area contributed by atoms with Gasteiger partial charge in [0.25, 0.3) is 0 Å². The molecule has 2 rings (SSSR count). The molecule has 0 saturated heterocycles. The second-order valence-corrected chi connectivity index (χ2v) is 5.14. The van der Waals surface area contributed by atoms with Crippen molar-refractivity contribution < 1.29 is 0 Å². The van der Waals surface area contributed by atoms with Gasteiger partial charge in [-0.15, -0.1) is 4.95 Å². The summed E-state index contributed by atoms with van der Waals surface area (Å²) >= 11 is 3.26. The Morgan fingerprint density at radius 1 is 1.07 bits per heavy atom. The van der Waals surface area contributed by atoms with Gasteiger partial charge in [-0.2, -0.15) is 6.57 Å². The fourth-order valence-electron chi connectivity index (χ4n) is 1.48. The van der Waals surface area contributed by atoms with E-state index in [1.54, 1.807) is 23.5 Å². The summed E-state index contributed by atoms with van der Waals surface area (Å²) in [6.07, 6.45) is 0. The Bertz CT molecular complexity index is 489. The molecular formula is C10H9N3S2. The lowest BCUT2D eigenvalue weighted by molar-refractivity contribution is 1.44. The molecule has 0 aromatic rings. The third-order valence-electron chi connectivity index (χ3n) is 2.27. The van der Waals surface area contributed by atoms with E-state index in [4.69, 9.17) is 6.57 Å². The van der Waals surface area contributed by atoms with Crippen LogP contribution in [0, 0.1) is 6.57 Å². The van der Waals surface area contributed by atoms with Gasteiger partial charge < -0.3 is 0 Å². The Morgan fingerprint density at radius 3 is 2.13 bits per heavy atom. The first-order valence-electron chi connectivity index (χ1n) is 4.38. The van der Waals surface area contributed by atoms with E-state index < -0.39 is 0 Å². The molecule has 76 valence electrons. The highest BCUT2D eigenvalue weighted by Gasteiger charge is 2.34. The zero-order valence-electron chi connectivity index (χ0n) is 8.66. The van der Waals surface area contributed by atoms with Crippen molar-refractivity contribution in [3.05, 3.63) is 32.5 Å². The van der Waals surface area contributed by atoms with E-state index >= 15 is 0 Å². The molecule has 0 aromatic heterocycles. The normalized spacial score (nSPS) is 25.5. The maximum atomic E-state index is 6.75. The van der Waals surface area contributed by atoms with Crippen LogP contribution in [0.15, 0.2) is 31.1 Å². The molecule has 0 N–H and O–H groups in total. The summed E-state index contributed by atoms with van der Waals surface area (Å²) in [5.41, 5.74) is 2.31. The molecule has 3 nitrogen and oxygen atoms in total. The van der Waals surface area contributed by atoms with Gasteiger partial charge in [0.2, 0.25) is 0 Å². The lowest BCUT2D eigenvalue weighted by atomic mass is 10.2. The first kappa shape index (κ1) is 10.5. The van der Waals surface area contributed by atoms with Gasteiger partial charge in [0, 0.05) is 22.4 Å². The van der Waals surface area contributed by atoms with E-state index in [2.05, 4.69) is 22.0 Å². The molecule has 0 amide bonds. The Labute approximate surface area is 97.2 Å². The molecule has 0 spiro atoms. The van der Waals surface area contributed by atoms with Crippen LogP contribution in [0.1, 0.15) is 13.8 Å². The average Bonchev–Trinajstić information content (AvgIpc) is 2.69. The van der Waals surface area contributed by atoms with E-state index in [-0.39, 0.29) is 0 Å². The lowest BCUT2D eigenvalue weighted by Crippen LogP contribution is -1.91. The van der Waals surface area contributed by atoms with Crippen LogP contribution in [0.3, 0.4) is 0 Å². The molecular weight excluding hydrogens is 226 g/mol. The van der Waals surface area contributed by atoms with Crippen LogP contribution in [0.4, 0.5) is 0 Å². The monoisotopic (exact) mass is 235 g/mol. The van der Waals surface area contributed by atoms with Crippen molar-refractivity contribution >= 4 is 33.6 Å². The largest absolute Gasteiger partial charge is 0.281 e. The van der Waals surface area contributed by atoms with Crippen molar-refractivity contribution in [3.63, 3.8) is 0 Å². The van der Waals surface area contributed by atoms with Gasteiger partial charge in [0.05, 0.1) is 10.1 Å². The number of fused-ring (bicyclic) bond motifs is 1. The second-order valence-electron chi connectivity index (χ2n) is 3.15. The van der Waals surface area contributed by atoms with E-state index in [1.807, 2.05) is 14.0 Å². The van der Waals surface area contributed by atoms with E-state index in [0.29, 0.717) is 0 Å². The van der Waals surface area contributed by atoms with Crippen molar-refractivity contribution in [2.24, 2.45) is 10.1 Å². The number of hydrogen-bond donors (Lipinski definition) is 0. The summed E-state index contributed by atoms with van der Waals surface area (Å²) in [6.45, 7) is 10.8. The number of hydrogen-bond acceptors (Lipinski definition) is 4. The summed E-state index contributed by atoms with van der Waals surface area (Å²) in [6, 6.07) is 0. The molecule has 2 aliphatic heterocycles. The third-order valence-corrected chi connectivity index (χ3v) is 5.09. The number of rotatable bonds is 0. The van der Waals surface area contributed by atoms with Crippen LogP contribution < -0.4 is 0 Å². The van der Waals surface area contributed by atoms with Gasteiger partial charge in [-0.05, 0) is 19.4 Å². The number of thioether (sulfide) groups is 2. The lowest BCUT2D eigenvalue weighted by Gasteiger charge is -1.96. The highest BCUT2D eigenvalue weighted by Crippen LogP contribution is 2.52. The van der Waals surface area contributed by atoms with Crippen LogP contribution >= 0.6 is 23.5 Å². The molecule has 0 radical (unpaired) electrons. The first-order chi connectivity index (χ1) is 7.19. The van der Waals surface area contributed by atoms with Gasteiger partial charge in [-0.25, -0.2) is 0 Å². The molecule has 0 bridgehead atoms. The first-order valence-corrected chi connectivity index (χ1v) is 6.02. The zero-order valence-corrected chi connectivity index (χ0v) is 10.3. The predicted molar refractivity (Wildman–Crippen MR) is 68.0 cm³/mol. The highest BCUT2D eigenvalue weighted by molar-refractivity contribution is 8.24. The molecule has 0 saturated carbocycles. The summed E-state index contributed by atoms with van der Waals surface area (Å²) in [7, 11) is 1.81. The summed E-state index contributed by atoms with van der Waals surface area (Å²) in [5.74, 6) is 0. The maximum absolute atomic E-state index is 6.75. The van der Waals surface area contributed by atoms with Crippen LogP contribution in [0.2, 0.25) is 0 Å². The van der Waals surface area contributed by atoms with Crippen molar-refractivity contribution in [1.29, 1.82) is 0 Å². The standard InChI is InChI=1S/C10H9N3S2/c1-5-7-8(14-9(5)11-3)6(2)10(15-7)13-12-4/h1-3H3/b11-9?,13-10+. The van der Waals surface area contributed by atoms with E-state index in [1.165, 1.54) is 15.4 Å². The quantitative estimate of drug-likeness (QED) is 0.476. The van der Waals surface area contributed by atoms with Crippen molar-refractivity contribution in [3.8, 4) is 0 Å². The number of aliphatic imine (C=N–C) groups is 1. The summed E-state index contributed by atoms with van der Waals surface area (Å²) in [5, 5.41) is 5.71. The molecule has 2 aliphatic rings. The molecule has 0 aliphatic carbocycles. The Balaban J connectivity index is 2.50. The minimum atomic E-state index is 0.831. The molecule has 0 fully saturated rings. The molecule has 15 heavy (non-hydrogen) atoms. The van der Waals surface area contributed by atoms with Crippen molar-refractivity contribution in [2.75, 3.05) is 7.05 Å². The molecule has 0 atom stereocenters. The molecule has 2 heterocycles. The maximum Gasteiger partial charge on any atom is 0.188 e. The van der Waals surface area contributed by atoms with Gasteiger partial charge >= 0.3 is 0 Å². The third kappa shape index (κ3) is 1.54. The van der Waals surface area contributed by atoms with E-state index in [9.17, 15) is 0 Å². The Hall–Kier alpha value is -0.990. The minimum absolute atomic E-state index is 0.831. The predicted octanol–water partition coefficient (Wildman–Crippen LogP) is 3.29. The van der Waals surface area contributed by atoms with Gasteiger partial charge in [-0.3, -0.25) is 4.99 Å². The van der Waals surface area contributed by atoms with Crippen molar-refractivity contribution in [1.82, 2.24) is 0 Å². The van der Waals surface area contributed by atoms with Gasteiger partial charge in [-0.1, -0.05) is 23.5 Å². The van der Waals surface area contributed by atoms with Crippen LogP contribution in [0.25, 0.3) is 4.95 Å². The van der Waals surface area contributed by atoms with Crippen LogP contribution in [-0.4, -0.2) is 17.1 Å². The van der Waals surface area contributed by atoms with E-state index in [0.717, 1.165) is 15.7 Å². The SMILES string of the molecule is [C-]#[N+]/N=C1/SC2=C(C)C(=NC)SC2=C1C. The molecule has 0 aromatic carbocycles. The van der Waals surface area contributed by atoms with Gasteiger partial charge in [0.15, 0.2) is 5.04 Å².